The monoisotopic (exact) mass is 476 g/mol. The second kappa shape index (κ2) is 8.07. The lowest BCUT2D eigenvalue weighted by molar-refractivity contribution is -0.383. The minimum atomic E-state index is -4.80. The lowest BCUT2D eigenvalue weighted by Gasteiger charge is -2.22. The lowest BCUT2D eigenvalue weighted by Crippen LogP contribution is -2.29. The van der Waals surface area contributed by atoms with Gasteiger partial charge in [0.1, 0.15) is 4.70 Å². The van der Waals surface area contributed by atoms with Crippen molar-refractivity contribution < 1.29 is 18.1 Å². The third kappa shape index (κ3) is 4.18. The van der Waals surface area contributed by atoms with Gasteiger partial charge in [0.05, 0.1) is 15.9 Å². The fourth-order valence-electron chi connectivity index (χ4n) is 4.79. The quantitative estimate of drug-likeness (QED) is 0.416. The van der Waals surface area contributed by atoms with Crippen LogP contribution in [0.4, 0.5) is 24.0 Å². The molecule has 0 spiro atoms. The summed E-state index contributed by atoms with van der Waals surface area (Å²) < 4.78 is 39.4. The molecule has 0 radical (unpaired) electrons. The highest BCUT2D eigenvalue weighted by atomic mass is 32.1. The summed E-state index contributed by atoms with van der Waals surface area (Å²) in [5, 5.41) is 11.4. The number of anilines is 1. The maximum absolute atomic E-state index is 13.2. The minimum absolute atomic E-state index is 0.0780. The van der Waals surface area contributed by atoms with Crippen molar-refractivity contribution in [3.8, 4) is 0 Å². The van der Waals surface area contributed by atoms with Gasteiger partial charge in [-0.3, -0.25) is 19.8 Å². The Morgan fingerprint density at radius 1 is 1.09 bits per heavy atom. The average Bonchev–Trinajstić information content (AvgIpc) is 3.31. The van der Waals surface area contributed by atoms with Crippen molar-refractivity contribution in [3.63, 3.8) is 0 Å². The van der Waals surface area contributed by atoms with E-state index in [2.05, 4.69) is 22.0 Å². The number of non-ortho nitro benzene ring substituents is 1. The van der Waals surface area contributed by atoms with E-state index in [-0.39, 0.29) is 10.1 Å². The minimum Gasteiger partial charge on any atom is -0.347 e. The Labute approximate surface area is 190 Å². The van der Waals surface area contributed by atoms with Gasteiger partial charge in [0, 0.05) is 38.8 Å². The van der Waals surface area contributed by atoms with Crippen molar-refractivity contribution in [1.82, 2.24) is 9.88 Å². The SMILES string of the molecule is O=c1nc(N2CC3CN(Cc4ccccc4)CC3C2)sc2c([N+](=O)[O-])cc(C(F)(F)F)cc12. The molecule has 0 N–H and O–H groups in total. The van der Waals surface area contributed by atoms with Gasteiger partial charge in [0.15, 0.2) is 5.13 Å². The van der Waals surface area contributed by atoms with Crippen molar-refractivity contribution in [1.29, 1.82) is 0 Å². The topological polar surface area (TPSA) is 79.6 Å². The zero-order valence-electron chi connectivity index (χ0n) is 17.3. The molecule has 1 aromatic heterocycles. The summed E-state index contributed by atoms with van der Waals surface area (Å²) in [5.41, 5.74) is -1.58. The van der Waals surface area contributed by atoms with Crippen LogP contribution in [0.25, 0.3) is 10.1 Å². The van der Waals surface area contributed by atoms with E-state index in [0.717, 1.165) is 31.0 Å². The smallest absolute Gasteiger partial charge is 0.347 e. The molecule has 11 heteroatoms. The van der Waals surface area contributed by atoms with Crippen LogP contribution in [0.3, 0.4) is 0 Å². The summed E-state index contributed by atoms with van der Waals surface area (Å²) in [5.74, 6) is 0.743. The molecule has 3 heterocycles. The van der Waals surface area contributed by atoms with Crippen LogP contribution in [0.15, 0.2) is 47.3 Å². The first-order valence-corrected chi connectivity index (χ1v) is 11.2. The number of benzene rings is 2. The Balaban J connectivity index is 1.40. The van der Waals surface area contributed by atoms with E-state index < -0.39 is 27.9 Å². The molecule has 2 fully saturated rings. The number of hydrogen-bond acceptors (Lipinski definition) is 7. The summed E-state index contributed by atoms with van der Waals surface area (Å²) in [6.45, 7) is 3.96. The molecule has 3 aromatic rings. The molecule has 33 heavy (non-hydrogen) atoms. The molecule has 0 aliphatic carbocycles. The first kappa shape index (κ1) is 21.8. The second-order valence-electron chi connectivity index (χ2n) is 8.53. The number of aromatic nitrogens is 1. The molecule has 2 aromatic carbocycles. The molecule has 172 valence electrons. The Morgan fingerprint density at radius 3 is 2.36 bits per heavy atom. The highest BCUT2D eigenvalue weighted by Crippen LogP contribution is 2.40. The number of nitro benzene ring substituents is 1. The summed E-state index contributed by atoms with van der Waals surface area (Å²) in [4.78, 5) is 31.5. The molecule has 2 aliphatic rings. The molecule has 2 saturated heterocycles. The Morgan fingerprint density at radius 2 is 1.76 bits per heavy atom. The van der Waals surface area contributed by atoms with Gasteiger partial charge in [-0.15, -0.1) is 0 Å². The Hall–Kier alpha value is -3.05. The highest BCUT2D eigenvalue weighted by Gasteiger charge is 2.41. The number of rotatable bonds is 4. The van der Waals surface area contributed by atoms with Crippen molar-refractivity contribution in [2.45, 2.75) is 12.7 Å². The fraction of sp³-hybridized carbons (Fsp3) is 0.364. The third-order valence-corrected chi connectivity index (χ3v) is 7.46. The van der Waals surface area contributed by atoms with Crippen LogP contribution in [-0.2, 0) is 12.7 Å². The maximum Gasteiger partial charge on any atom is 0.416 e. The molecule has 7 nitrogen and oxygen atoms in total. The molecule has 2 atom stereocenters. The Kier molecular flexibility index (Phi) is 5.32. The van der Waals surface area contributed by atoms with Gasteiger partial charge < -0.3 is 4.90 Å². The molecule has 0 bridgehead atoms. The van der Waals surface area contributed by atoms with Crippen LogP contribution in [0, 0.1) is 22.0 Å². The molecule has 2 unspecified atom stereocenters. The zero-order chi connectivity index (χ0) is 23.3. The number of alkyl halides is 3. The molecule has 0 amide bonds. The normalized spacial score (nSPS) is 21.0. The van der Waals surface area contributed by atoms with E-state index >= 15 is 0 Å². The van der Waals surface area contributed by atoms with Crippen LogP contribution in [0.1, 0.15) is 11.1 Å². The molecule has 2 aliphatic heterocycles. The van der Waals surface area contributed by atoms with Crippen molar-refractivity contribution >= 4 is 32.2 Å². The molecular formula is C22H19F3N4O3S. The largest absolute Gasteiger partial charge is 0.416 e. The predicted octanol–water partition coefficient (Wildman–Crippen LogP) is 4.15. The van der Waals surface area contributed by atoms with Crippen molar-refractivity contribution in [2.75, 3.05) is 31.1 Å². The van der Waals surface area contributed by atoms with E-state index in [4.69, 9.17) is 0 Å². The lowest BCUT2D eigenvalue weighted by atomic mass is 10.0. The molecule has 5 rings (SSSR count). The van der Waals surface area contributed by atoms with Crippen LogP contribution >= 0.6 is 11.3 Å². The van der Waals surface area contributed by atoms with Gasteiger partial charge in [-0.05, 0) is 23.5 Å². The zero-order valence-corrected chi connectivity index (χ0v) is 18.1. The van der Waals surface area contributed by atoms with Gasteiger partial charge in [0.2, 0.25) is 0 Å². The summed E-state index contributed by atoms with van der Waals surface area (Å²) in [6, 6.07) is 11.3. The number of hydrogen-bond donors (Lipinski definition) is 0. The van der Waals surface area contributed by atoms with Gasteiger partial charge in [0.25, 0.3) is 11.2 Å². The van der Waals surface area contributed by atoms with E-state index in [1.807, 2.05) is 23.1 Å². The predicted molar refractivity (Wildman–Crippen MR) is 118 cm³/mol. The molecule has 0 saturated carbocycles. The summed E-state index contributed by atoms with van der Waals surface area (Å²) in [6.07, 6.45) is -4.80. The van der Waals surface area contributed by atoms with Gasteiger partial charge in [-0.2, -0.15) is 18.2 Å². The van der Waals surface area contributed by atoms with Gasteiger partial charge in [-0.1, -0.05) is 41.7 Å². The number of halogens is 3. The third-order valence-electron chi connectivity index (χ3n) is 6.30. The first-order chi connectivity index (χ1) is 15.7. The van der Waals surface area contributed by atoms with Gasteiger partial charge in [-0.25, -0.2) is 0 Å². The molecular weight excluding hydrogens is 457 g/mol. The summed E-state index contributed by atoms with van der Waals surface area (Å²) in [7, 11) is 0. The van der Waals surface area contributed by atoms with Crippen LogP contribution in [-0.4, -0.2) is 41.0 Å². The van der Waals surface area contributed by atoms with E-state index in [0.29, 0.717) is 42.2 Å². The fourth-order valence-corrected chi connectivity index (χ4v) is 5.88. The number of fused-ring (bicyclic) bond motifs is 2. The van der Waals surface area contributed by atoms with Crippen molar-refractivity contribution in [3.05, 3.63) is 74.1 Å². The second-order valence-corrected chi connectivity index (χ2v) is 9.51. The number of nitrogens with zero attached hydrogens (tertiary/aromatic N) is 4. The first-order valence-electron chi connectivity index (χ1n) is 10.4. The standard InChI is InChI=1S/C22H19F3N4O3S/c23-22(24,25)16-6-17-19(18(7-16)29(31)32)33-21(26-20(17)30)28-11-14-9-27(10-15(14)12-28)8-13-4-2-1-3-5-13/h1-7,14-15H,8-12H2. The highest BCUT2D eigenvalue weighted by molar-refractivity contribution is 7.22. The average molecular weight is 476 g/mol. The van der Waals surface area contributed by atoms with Crippen LogP contribution < -0.4 is 10.5 Å². The number of likely N-dealkylation sites (tertiary alicyclic amines) is 1. The van der Waals surface area contributed by atoms with Crippen LogP contribution in [0.5, 0.6) is 0 Å². The van der Waals surface area contributed by atoms with Crippen LogP contribution in [0.2, 0.25) is 0 Å². The van der Waals surface area contributed by atoms with Crippen molar-refractivity contribution in [2.24, 2.45) is 11.8 Å². The van der Waals surface area contributed by atoms with E-state index in [1.54, 1.807) is 0 Å². The van der Waals surface area contributed by atoms with E-state index in [1.165, 1.54) is 5.56 Å². The number of nitro groups is 1. The summed E-state index contributed by atoms with van der Waals surface area (Å²) >= 11 is 0.907. The van der Waals surface area contributed by atoms with Gasteiger partial charge >= 0.3 is 6.18 Å². The maximum atomic E-state index is 13.2. The van der Waals surface area contributed by atoms with E-state index in [9.17, 15) is 28.1 Å². The Bertz CT molecular complexity index is 1270.